The molecule has 3 N–H and O–H groups in total. The Kier molecular flexibility index (Phi) is 61.5. The maximum absolute atomic E-state index is 13.0. The zero-order valence-electron chi connectivity index (χ0n) is 59.3. The van der Waals surface area contributed by atoms with E-state index < -0.39 is 97.5 Å². The second-order valence-corrected chi connectivity index (χ2v) is 30.3. The molecule has 0 fully saturated rings. The van der Waals surface area contributed by atoms with Crippen molar-refractivity contribution in [1.82, 2.24) is 0 Å². The summed E-state index contributed by atoms with van der Waals surface area (Å²) in [6.07, 6.45) is 47.2. The van der Waals surface area contributed by atoms with Crippen molar-refractivity contribution < 1.29 is 80.2 Å². The summed E-state index contributed by atoms with van der Waals surface area (Å²) in [5.74, 6) is 0.159. The first-order chi connectivity index (χ1) is 43.7. The first-order valence-electron chi connectivity index (χ1n) is 37.3. The zero-order valence-corrected chi connectivity index (χ0v) is 61.1. The Morgan fingerprint density at radius 1 is 0.297 bits per heavy atom. The van der Waals surface area contributed by atoms with Crippen LogP contribution in [0.2, 0.25) is 0 Å². The first-order valence-corrected chi connectivity index (χ1v) is 40.3. The number of unbranched alkanes of at least 4 members (excludes halogenated alkanes) is 38. The minimum absolute atomic E-state index is 0.104. The van der Waals surface area contributed by atoms with Crippen LogP contribution >= 0.6 is 15.6 Å². The Balaban J connectivity index is 5.23. The molecule has 19 heteroatoms. The highest BCUT2D eigenvalue weighted by Gasteiger charge is 2.30. The van der Waals surface area contributed by atoms with E-state index in [4.69, 9.17) is 37.0 Å². The van der Waals surface area contributed by atoms with Gasteiger partial charge < -0.3 is 33.8 Å². The number of hydrogen-bond acceptors (Lipinski definition) is 15. The van der Waals surface area contributed by atoms with Gasteiger partial charge in [-0.3, -0.25) is 37.3 Å². The van der Waals surface area contributed by atoms with Crippen molar-refractivity contribution in [2.24, 2.45) is 17.8 Å². The molecule has 0 heterocycles. The second kappa shape index (κ2) is 62.8. The topological polar surface area (TPSA) is 237 Å². The van der Waals surface area contributed by atoms with E-state index >= 15 is 0 Å². The van der Waals surface area contributed by atoms with Crippen molar-refractivity contribution in [3.63, 3.8) is 0 Å². The molecule has 0 aromatic heterocycles. The predicted molar refractivity (Wildman–Crippen MR) is 368 cm³/mol. The molecule has 5 atom stereocenters. The van der Waals surface area contributed by atoms with Crippen molar-refractivity contribution in [2.75, 3.05) is 39.6 Å². The number of aliphatic hydroxyl groups is 1. The standard InChI is InChI=1S/C72H140O17P2/c1-8-9-10-11-12-22-32-39-46-53-69(74)82-59-68(89-72(77)56-49-42-35-28-27-31-38-45-52-65(6)7)62-87-91(80,81)85-58-66(73)57-84-90(78,79)86-61-67(60-83-70(75)54-47-40-33-25-21-17-19-24-30-37-44-51-64(4)5)88-71(76)55-48-41-34-26-20-16-14-13-15-18-23-29-36-43-50-63(2)3/h63-68,73H,8-62H2,1-7H3,(H,78,79)(H,80,81)/t66-,67-,68-/m1/s1. The molecule has 17 nitrogen and oxygen atoms in total. The maximum Gasteiger partial charge on any atom is 0.472 e. The van der Waals surface area contributed by atoms with E-state index in [1.165, 1.54) is 173 Å². The molecule has 0 radical (unpaired) electrons. The molecule has 0 aromatic carbocycles. The third kappa shape index (κ3) is 66.5. The van der Waals surface area contributed by atoms with Crippen molar-refractivity contribution in [2.45, 2.75) is 381 Å². The number of phosphoric ester groups is 2. The lowest BCUT2D eigenvalue weighted by atomic mass is 10.0. The van der Waals surface area contributed by atoms with Gasteiger partial charge in [0, 0.05) is 25.7 Å². The lowest BCUT2D eigenvalue weighted by molar-refractivity contribution is -0.161. The van der Waals surface area contributed by atoms with Gasteiger partial charge in [0.15, 0.2) is 12.2 Å². The van der Waals surface area contributed by atoms with Gasteiger partial charge in [-0.1, -0.05) is 312 Å². The minimum atomic E-state index is -4.95. The minimum Gasteiger partial charge on any atom is -0.462 e. The Bertz CT molecular complexity index is 1780. The molecule has 0 aromatic rings. The number of hydrogen-bond donors (Lipinski definition) is 3. The number of carbonyl (C=O) groups excluding carboxylic acids is 4. The third-order valence-corrected chi connectivity index (χ3v) is 18.5. The second-order valence-electron chi connectivity index (χ2n) is 27.4. The van der Waals surface area contributed by atoms with E-state index in [1.807, 2.05) is 0 Å². The van der Waals surface area contributed by atoms with Crippen molar-refractivity contribution in [3.8, 4) is 0 Å². The molecule has 0 spiro atoms. The van der Waals surface area contributed by atoms with Gasteiger partial charge in [0.1, 0.15) is 19.3 Å². The Hall–Kier alpha value is -1.94. The summed E-state index contributed by atoms with van der Waals surface area (Å²) in [5, 5.41) is 10.6. The number of esters is 4. The lowest BCUT2D eigenvalue weighted by Gasteiger charge is -2.21. The third-order valence-electron chi connectivity index (χ3n) is 16.6. The fourth-order valence-corrected chi connectivity index (χ4v) is 12.5. The van der Waals surface area contributed by atoms with Crippen LogP contribution in [0.5, 0.6) is 0 Å². The van der Waals surface area contributed by atoms with E-state index in [0.717, 1.165) is 108 Å². The van der Waals surface area contributed by atoms with E-state index in [1.54, 1.807) is 0 Å². The molecule has 0 aliphatic heterocycles. The number of phosphoric acid groups is 2. The molecule has 0 saturated heterocycles. The molecule has 0 bridgehead atoms. The van der Waals surface area contributed by atoms with Gasteiger partial charge in [0.05, 0.1) is 26.4 Å². The van der Waals surface area contributed by atoms with Crippen LogP contribution < -0.4 is 0 Å². The average Bonchev–Trinajstić information content (AvgIpc) is 3.72. The highest BCUT2D eigenvalue weighted by molar-refractivity contribution is 7.47. The van der Waals surface area contributed by atoms with Gasteiger partial charge >= 0.3 is 39.5 Å². The lowest BCUT2D eigenvalue weighted by Crippen LogP contribution is -2.30. The highest BCUT2D eigenvalue weighted by Crippen LogP contribution is 2.45. The van der Waals surface area contributed by atoms with Crippen LogP contribution in [-0.4, -0.2) is 96.7 Å². The fraction of sp³-hybridized carbons (Fsp3) is 0.944. The number of aliphatic hydroxyl groups excluding tert-OH is 1. The van der Waals surface area contributed by atoms with E-state index in [2.05, 4.69) is 48.5 Å². The smallest absolute Gasteiger partial charge is 0.462 e. The molecule has 2 unspecified atom stereocenters. The zero-order chi connectivity index (χ0) is 67.3. The molecular weight excluding hydrogens is 1200 g/mol. The summed E-state index contributed by atoms with van der Waals surface area (Å²) in [6.45, 7) is 11.8. The van der Waals surface area contributed by atoms with E-state index in [9.17, 15) is 43.2 Å². The average molecular weight is 1340 g/mol. The predicted octanol–water partition coefficient (Wildman–Crippen LogP) is 20.6. The molecule has 0 rings (SSSR count). The summed E-state index contributed by atoms with van der Waals surface area (Å²) >= 11 is 0. The first kappa shape index (κ1) is 89.1. The highest BCUT2D eigenvalue weighted by atomic mass is 31.2. The normalized spacial score (nSPS) is 14.2. The van der Waals surface area contributed by atoms with Crippen LogP contribution in [0.4, 0.5) is 0 Å². The summed E-state index contributed by atoms with van der Waals surface area (Å²) in [6, 6.07) is 0. The van der Waals surface area contributed by atoms with Crippen molar-refractivity contribution in [3.05, 3.63) is 0 Å². The number of ether oxygens (including phenoxy) is 4. The van der Waals surface area contributed by atoms with Crippen LogP contribution in [0.25, 0.3) is 0 Å². The van der Waals surface area contributed by atoms with Gasteiger partial charge in [0.25, 0.3) is 0 Å². The van der Waals surface area contributed by atoms with E-state index in [0.29, 0.717) is 25.7 Å². The van der Waals surface area contributed by atoms with Crippen LogP contribution in [0.1, 0.15) is 363 Å². The SMILES string of the molecule is CCCCCCCCCCCC(=O)OC[C@H](COP(=O)(O)OC[C@H](O)COP(=O)(O)OC[C@@H](COC(=O)CCCCCCCCCCCCCC(C)C)OC(=O)CCCCCCCCCCCCCCCCC(C)C)OC(=O)CCCCCCCCCCC(C)C. The number of rotatable bonds is 70. The molecule has 0 amide bonds. The van der Waals surface area contributed by atoms with Crippen molar-refractivity contribution >= 4 is 39.5 Å². The Morgan fingerprint density at radius 2 is 0.505 bits per heavy atom. The summed E-state index contributed by atoms with van der Waals surface area (Å²) in [5.41, 5.74) is 0. The van der Waals surface area contributed by atoms with Gasteiger partial charge in [-0.05, 0) is 43.4 Å². The van der Waals surface area contributed by atoms with Crippen LogP contribution in [0.3, 0.4) is 0 Å². The van der Waals surface area contributed by atoms with Gasteiger partial charge in [-0.2, -0.15) is 0 Å². The maximum atomic E-state index is 13.0. The van der Waals surface area contributed by atoms with Crippen LogP contribution in [0.15, 0.2) is 0 Å². The molecule has 0 saturated carbocycles. The summed E-state index contributed by atoms with van der Waals surface area (Å²) in [4.78, 5) is 72.6. The molecule has 0 aliphatic rings. The molecule has 0 aliphatic carbocycles. The largest absolute Gasteiger partial charge is 0.472 e. The monoisotopic (exact) mass is 1340 g/mol. The van der Waals surface area contributed by atoms with E-state index in [-0.39, 0.29) is 25.7 Å². The Morgan fingerprint density at radius 3 is 0.747 bits per heavy atom. The molecule has 91 heavy (non-hydrogen) atoms. The van der Waals surface area contributed by atoms with Gasteiger partial charge in [-0.25, -0.2) is 9.13 Å². The van der Waals surface area contributed by atoms with Crippen LogP contribution in [0, 0.1) is 17.8 Å². The summed E-state index contributed by atoms with van der Waals surface area (Å²) < 4.78 is 68.3. The number of carbonyl (C=O) groups is 4. The molecule has 540 valence electrons. The quantitative estimate of drug-likeness (QED) is 0.0222. The van der Waals surface area contributed by atoms with Crippen molar-refractivity contribution in [1.29, 1.82) is 0 Å². The summed E-state index contributed by atoms with van der Waals surface area (Å²) in [7, 11) is -9.90. The fourth-order valence-electron chi connectivity index (χ4n) is 10.9. The van der Waals surface area contributed by atoms with Crippen LogP contribution in [-0.2, 0) is 65.4 Å². The van der Waals surface area contributed by atoms with Gasteiger partial charge in [0.2, 0.25) is 0 Å². The van der Waals surface area contributed by atoms with Gasteiger partial charge in [-0.15, -0.1) is 0 Å². The molecular formula is C72H140O17P2. The Labute approximate surface area is 556 Å².